The van der Waals surface area contributed by atoms with Gasteiger partial charge in [0.1, 0.15) is 0 Å². The number of fused-ring (bicyclic) bond motifs is 2. The molecule has 0 spiro atoms. The van der Waals surface area contributed by atoms with Crippen LogP contribution in [0.1, 0.15) is 50.3 Å². The molecule has 0 unspecified atom stereocenters. The van der Waals surface area contributed by atoms with Crippen LogP contribution < -0.4 is 4.90 Å². The van der Waals surface area contributed by atoms with E-state index in [-0.39, 0.29) is 11.8 Å². The van der Waals surface area contributed by atoms with Gasteiger partial charge in [0.15, 0.2) is 0 Å². The Morgan fingerprint density at radius 1 is 0.556 bits per heavy atom. The Balaban J connectivity index is 1.30. The third kappa shape index (κ3) is 2.83. The van der Waals surface area contributed by atoms with E-state index in [0.29, 0.717) is 48.3 Å². The molecule has 0 fully saturated rings. The molecule has 0 N–H and O–H groups in total. The molecule has 6 heteroatoms. The third-order valence-electron chi connectivity index (χ3n) is 5.02. The van der Waals surface area contributed by atoms with Crippen LogP contribution in [0.3, 0.4) is 0 Å². The normalized spacial score (nSPS) is 15.6. The number of hydrogen-bond acceptors (Lipinski definition) is 4. The number of hydrogen-bond donors (Lipinski definition) is 0. The van der Waals surface area contributed by atoms with E-state index >= 15 is 0 Å². The van der Waals surface area contributed by atoms with Crippen LogP contribution >= 0.6 is 0 Å². The molecular weight excluding hydrogens is 344 g/mol. The molecule has 2 aliphatic heterocycles. The van der Waals surface area contributed by atoms with Crippen LogP contribution in [0.5, 0.6) is 0 Å². The predicted molar refractivity (Wildman–Crippen MR) is 98.8 cm³/mol. The molecule has 0 saturated heterocycles. The van der Waals surface area contributed by atoms with Crippen molar-refractivity contribution in [2.24, 2.45) is 0 Å². The highest BCUT2D eigenvalue weighted by Gasteiger charge is 2.36. The fourth-order valence-electron chi connectivity index (χ4n) is 3.63. The number of carbonyl (C=O) groups excluding carboxylic acids is 4. The summed E-state index contributed by atoms with van der Waals surface area (Å²) >= 11 is 0. The number of Topliss-reactive ketones (excluding diaryl/α,β-unsaturated/α-hetero) is 1. The lowest BCUT2D eigenvalue weighted by atomic mass is 10.1. The summed E-state index contributed by atoms with van der Waals surface area (Å²) in [6.45, 7) is 0.805. The van der Waals surface area contributed by atoms with E-state index < -0.39 is 11.7 Å². The minimum atomic E-state index is -0.489. The Kier molecular flexibility index (Phi) is 4.32. The molecule has 2 aromatic carbocycles. The van der Waals surface area contributed by atoms with Crippen LogP contribution in [0.25, 0.3) is 0 Å². The molecular formula is C21H18N2O4. The van der Waals surface area contributed by atoms with Gasteiger partial charge in [-0.05, 0) is 43.5 Å². The second-order valence-electron chi connectivity index (χ2n) is 6.67. The van der Waals surface area contributed by atoms with E-state index in [2.05, 4.69) is 0 Å². The Morgan fingerprint density at radius 3 is 1.70 bits per heavy atom. The van der Waals surface area contributed by atoms with Crippen LogP contribution in [-0.4, -0.2) is 41.5 Å². The van der Waals surface area contributed by atoms with E-state index in [4.69, 9.17) is 0 Å². The molecule has 2 aromatic rings. The topological polar surface area (TPSA) is 74.8 Å². The largest absolute Gasteiger partial charge is 0.305 e. The minimum absolute atomic E-state index is 0.246. The van der Waals surface area contributed by atoms with Gasteiger partial charge in [0.05, 0.1) is 22.4 Å². The first-order chi connectivity index (χ1) is 13.1. The molecule has 0 radical (unpaired) electrons. The lowest BCUT2D eigenvalue weighted by Gasteiger charge is -2.17. The SMILES string of the molecule is O=C1C(=O)N(CCCCCN2C(=O)c3ccccc3C2=O)c2ccccc21. The molecule has 0 aromatic heterocycles. The highest BCUT2D eigenvalue weighted by atomic mass is 16.2. The van der Waals surface area contributed by atoms with Gasteiger partial charge in [0, 0.05) is 13.1 Å². The van der Waals surface area contributed by atoms with Crippen molar-refractivity contribution in [1.82, 2.24) is 4.90 Å². The second kappa shape index (κ2) is 6.79. The summed E-state index contributed by atoms with van der Waals surface area (Å²) in [5.41, 5.74) is 2.03. The van der Waals surface area contributed by atoms with E-state index in [1.54, 1.807) is 48.5 Å². The van der Waals surface area contributed by atoms with E-state index in [9.17, 15) is 19.2 Å². The monoisotopic (exact) mass is 362 g/mol. The average molecular weight is 362 g/mol. The van der Waals surface area contributed by atoms with Gasteiger partial charge in [-0.2, -0.15) is 0 Å². The summed E-state index contributed by atoms with van der Waals surface area (Å²) in [4.78, 5) is 51.5. The van der Waals surface area contributed by atoms with Crippen molar-refractivity contribution in [3.05, 3.63) is 65.2 Å². The van der Waals surface area contributed by atoms with Gasteiger partial charge in [-0.15, -0.1) is 0 Å². The molecule has 2 heterocycles. The molecule has 0 bridgehead atoms. The zero-order valence-electron chi connectivity index (χ0n) is 14.7. The number of carbonyl (C=O) groups is 4. The van der Waals surface area contributed by atoms with Crippen molar-refractivity contribution >= 4 is 29.2 Å². The lowest BCUT2D eigenvalue weighted by Crippen LogP contribution is -2.32. The number of nitrogens with zero attached hydrogens (tertiary/aromatic N) is 2. The standard InChI is InChI=1S/C21H18N2O4/c24-18-16-10-4-5-11-17(16)22(21(18)27)12-6-1-7-13-23-19(25)14-8-2-3-9-15(14)20(23)26/h2-5,8-11H,1,6-7,12-13H2. The molecule has 3 amide bonds. The van der Waals surface area contributed by atoms with E-state index in [1.165, 1.54) is 9.80 Å². The predicted octanol–water partition coefficient (Wildman–Crippen LogP) is 2.68. The number of imide groups is 1. The quantitative estimate of drug-likeness (QED) is 0.450. The van der Waals surface area contributed by atoms with Crippen molar-refractivity contribution in [1.29, 1.82) is 0 Å². The number of ketones is 1. The number of anilines is 1. The molecule has 136 valence electrons. The molecule has 2 aliphatic rings. The fraction of sp³-hybridized carbons (Fsp3) is 0.238. The first-order valence-electron chi connectivity index (χ1n) is 9.00. The molecule has 0 saturated carbocycles. The number of amides is 3. The Bertz CT molecular complexity index is 931. The fourth-order valence-corrected chi connectivity index (χ4v) is 3.63. The van der Waals surface area contributed by atoms with Crippen LogP contribution in [0.2, 0.25) is 0 Å². The molecule has 0 aliphatic carbocycles. The minimum Gasteiger partial charge on any atom is -0.305 e. The third-order valence-corrected chi connectivity index (χ3v) is 5.02. The molecule has 6 nitrogen and oxygen atoms in total. The Labute approximate surface area is 156 Å². The van der Waals surface area contributed by atoms with Gasteiger partial charge in [0.2, 0.25) is 0 Å². The highest BCUT2D eigenvalue weighted by molar-refractivity contribution is 6.52. The van der Waals surface area contributed by atoms with E-state index in [0.717, 1.165) is 6.42 Å². The maximum atomic E-state index is 12.3. The maximum Gasteiger partial charge on any atom is 0.299 e. The first-order valence-corrected chi connectivity index (χ1v) is 9.00. The van der Waals surface area contributed by atoms with Gasteiger partial charge in [-0.25, -0.2) is 0 Å². The number of para-hydroxylation sites is 1. The van der Waals surface area contributed by atoms with Crippen molar-refractivity contribution in [3.63, 3.8) is 0 Å². The van der Waals surface area contributed by atoms with Crippen molar-refractivity contribution in [3.8, 4) is 0 Å². The summed E-state index contributed by atoms with van der Waals surface area (Å²) in [6, 6.07) is 13.8. The number of benzene rings is 2. The zero-order valence-corrected chi connectivity index (χ0v) is 14.7. The van der Waals surface area contributed by atoms with Crippen molar-refractivity contribution in [2.45, 2.75) is 19.3 Å². The maximum absolute atomic E-state index is 12.3. The van der Waals surface area contributed by atoms with Crippen LogP contribution in [0.15, 0.2) is 48.5 Å². The summed E-state index contributed by atoms with van der Waals surface area (Å²) in [5, 5.41) is 0. The number of rotatable bonds is 6. The lowest BCUT2D eigenvalue weighted by molar-refractivity contribution is -0.114. The summed E-state index contributed by atoms with van der Waals surface area (Å²) in [7, 11) is 0. The van der Waals surface area contributed by atoms with Gasteiger partial charge in [0.25, 0.3) is 23.5 Å². The summed E-state index contributed by atoms with van der Waals surface area (Å²) in [6.07, 6.45) is 2.09. The second-order valence-corrected chi connectivity index (χ2v) is 6.67. The Hall–Kier alpha value is -3.28. The van der Waals surface area contributed by atoms with Gasteiger partial charge < -0.3 is 4.90 Å². The molecule has 0 atom stereocenters. The summed E-state index contributed by atoms with van der Waals surface area (Å²) in [5.74, 6) is -1.44. The van der Waals surface area contributed by atoms with Gasteiger partial charge in [-0.3, -0.25) is 24.1 Å². The first kappa shape index (κ1) is 17.1. The van der Waals surface area contributed by atoms with Crippen LogP contribution in [0.4, 0.5) is 5.69 Å². The van der Waals surface area contributed by atoms with Gasteiger partial charge in [-0.1, -0.05) is 24.3 Å². The van der Waals surface area contributed by atoms with Gasteiger partial charge >= 0.3 is 0 Å². The van der Waals surface area contributed by atoms with Crippen LogP contribution in [0, 0.1) is 0 Å². The molecule has 27 heavy (non-hydrogen) atoms. The zero-order chi connectivity index (χ0) is 19.0. The van der Waals surface area contributed by atoms with Crippen molar-refractivity contribution < 1.29 is 19.2 Å². The van der Waals surface area contributed by atoms with E-state index in [1.807, 2.05) is 0 Å². The smallest absolute Gasteiger partial charge is 0.299 e. The van der Waals surface area contributed by atoms with Crippen LogP contribution in [-0.2, 0) is 4.79 Å². The highest BCUT2D eigenvalue weighted by Crippen LogP contribution is 2.29. The summed E-state index contributed by atoms with van der Waals surface area (Å²) < 4.78 is 0. The van der Waals surface area contributed by atoms with Crippen molar-refractivity contribution in [2.75, 3.05) is 18.0 Å². The Morgan fingerprint density at radius 2 is 1.07 bits per heavy atom. The molecule has 4 rings (SSSR count). The average Bonchev–Trinajstić information content (AvgIpc) is 3.08. The number of unbranched alkanes of at least 4 members (excludes halogenated alkanes) is 2.